The maximum Gasteiger partial charge on any atom is 0.151 e. The summed E-state index contributed by atoms with van der Waals surface area (Å²) in [5.74, 6) is 1.93. The zero-order chi connectivity index (χ0) is 16.5. The maximum absolute atomic E-state index is 10.4. The number of nitrogens with two attached hydrogens (primary N) is 1. The molecule has 1 aliphatic heterocycles. The van der Waals surface area contributed by atoms with E-state index >= 15 is 0 Å². The van der Waals surface area contributed by atoms with Crippen LogP contribution in [0, 0.1) is 5.92 Å². The van der Waals surface area contributed by atoms with Gasteiger partial charge >= 0.3 is 0 Å². The van der Waals surface area contributed by atoms with E-state index < -0.39 is 0 Å². The van der Waals surface area contributed by atoms with E-state index in [0.29, 0.717) is 11.7 Å². The standard InChI is InChI=1S/C17H25N5OS/c18-17-16-15(20-10-21-17)11(5-19-16)6-22-7-12(14(23)8-22)9-24-13-3-1-2-4-13/h5,10,12-14,19,23H,1-4,6-9H2,(H2,18,20,21)/t12-,14?/m1/s1. The molecule has 24 heavy (non-hydrogen) atoms. The quantitative estimate of drug-likeness (QED) is 0.766. The Balaban J connectivity index is 1.37. The second-order valence-corrected chi connectivity index (χ2v) is 8.39. The Morgan fingerprint density at radius 3 is 2.96 bits per heavy atom. The van der Waals surface area contributed by atoms with E-state index in [1.807, 2.05) is 6.20 Å². The minimum Gasteiger partial charge on any atom is -0.391 e. The molecule has 2 aliphatic rings. The fourth-order valence-corrected chi connectivity index (χ4v) is 5.44. The molecule has 0 spiro atoms. The van der Waals surface area contributed by atoms with Crippen LogP contribution < -0.4 is 5.73 Å². The number of aliphatic hydroxyl groups excluding tert-OH is 1. The van der Waals surface area contributed by atoms with E-state index in [0.717, 1.165) is 47.2 Å². The molecule has 1 aliphatic carbocycles. The van der Waals surface area contributed by atoms with Gasteiger partial charge in [-0.05, 0) is 12.8 Å². The van der Waals surface area contributed by atoms with Gasteiger partial charge in [0.2, 0.25) is 0 Å². The molecule has 7 heteroatoms. The second-order valence-electron chi connectivity index (χ2n) is 7.06. The Kier molecular flexibility index (Phi) is 4.65. The van der Waals surface area contributed by atoms with Crippen LogP contribution in [-0.4, -0.2) is 55.2 Å². The highest BCUT2D eigenvalue weighted by atomic mass is 32.2. The number of H-pyrrole nitrogens is 1. The summed E-state index contributed by atoms with van der Waals surface area (Å²) >= 11 is 2.07. The van der Waals surface area contributed by atoms with Crippen LogP contribution in [-0.2, 0) is 6.54 Å². The maximum atomic E-state index is 10.4. The van der Waals surface area contributed by atoms with Crippen molar-refractivity contribution in [3.05, 3.63) is 18.1 Å². The number of hydrogen-bond donors (Lipinski definition) is 3. The van der Waals surface area contributed by atoms with Gasteiger partial charge in [0, 0.05) is 48.3 Å². The van der Waals surface area contributed by atoms with Crippen LogP contribution in [0.2, 0.25) is 0 Å². The molecular formula is C17H25N5OS. The van der Waals surface area contributed by atoms with Gasteiger partial charge < -0.3 is 15.8 Å². The van der Waals surface area contributed by atoms with E-state index in [9.17, 15) is 5.11 Å². The van der Waals surface area contributed by atoms with Crippen LogP contribution in [0.4, 0.5) is 5.82 Å². The van der Waals surface area contributed by atoms with E-state index in [1.165, 1.54) is 32.0 Å². The lowest BCUT2D eigenvalue weighted by molar-refractivity contribution is 0.149. The van der Waals surface area contributed by atoms with Crippen molar-refractivity contribution in [2.45, 2.75) is 43.6 Å². The fraction of sp³-hybridized carbons (Fsp3) is 0.647. The normalized spacial score (nSPS) is 25.9. The van der Waals surface area contributed by atoms with Crippen molar-refractivity contribution in [3.8, 4) is 0 Å². The molecule has 1 saturated carbocycles. The molecule has 0 amide bonds. The van der Waals surface area contributed by atoms with Gasteiger partial charge in [-0.25, -0.2) is 9.97 Å². The molecule has 2 fully saturated rings. The third-order valence-corrected chi connectivity index (χ3v) is 6.86. The molecule has 1 saturated heterocycles. The van der Waals surface area contributed by atoms with E-state index in [4.69, 9.17) is 5.73 Å². The predicted molar refractivity (Wildman–Crippen MR) is 97.8 cm³/mol. The third kappa shape index (κ3) is 3.25. The van der Waals surface area contributed by atoms with Gasteiger partial charge in [0.15, 0.2) is 5.82 Å². The molecule has 1 unspecified atom stereocenters. The molecule has 6 nitrogen and oxygen atoms in total. The summed E-state index contributed by atoms with van der Waals surface area (Å²) in [7, 11) is 0. The summed E-state index contributed by atoms with van der Waals surface area (Å²) in [6.07, 6.45) is 8.72. The van der Waals surface area contributed by atoms with Crippen molar-refractivity contribution in [1.82, 2.24) is 19.9 Å². The van der Waals surface area contributed by atoms with E-state index in [1.54, 1.807) is 0 Å². The molecule has 2 aromatic heterocycles. The molecule has 0 radical (unpaired) electrons. The molecule has 0 bridgehead atoms. The fourth-order valence-electron chi connectivity index (χ4n) is 3.92. The van der Waals surface area contributed by atoms with Gasteiger partial charge in [0.25, 0.3) is 0 Å². The molecule has 0 aromatic carbocycles. The van der Waals surface area contributed by atoms with Gasteiger partial charge in [0.1, 0.15) is 11.8 Å². The van der Waals surface area contributed by atoms with Crippen LogP contribution in [0.25, 0.3) is 11.0 Å². The summed E-state index contributed by atoms with van der Waals surface area (Å²) < 4.78 is 0. The number of likely N-dealkylation sites (tertiary alicyclic amines) is 1. The first-order chi connectivity index (χ1) is 11.7. The lowest BCUT2D eigenvalue weighted by atomic mass is 10.1. The smallest absolute Gasteiger partial charge is 0.151 e. The van der Waals surface area contributed by atoms with Crippen LogP contribution in [0.5, 0.6) is 0 Å². The number of aromatic nitrogens is 3. The summed E-state index contributed by atoms with van der Waals surface area (Å²) in [6, 6.07) is 0. The average molecular weight is 347 g/mol. The number of anilines is 1. The number of aromatic amines is 1. The van der Waals surface area contributed by atoms with Crippen LogP contribution in [0.3, 0.4) is 0 Å². The molecule has 2 aromatic rings. The van der Waals surface area contributed by atoms with Crippen molar-refractivity contribution in [2.75, 3.05) is 24.6 Å². The largest absolute Gasteiger partial charge is 0.391 e. The number of thioether (sulfide) groups is 1. The average Bonchev–Trinajstić information content (AvgIpc) is 3.28. The summed E-state index contributed by atoms with van der Waals surface area (Å²) in [5, 5.41) is 11.2. The lowest BCUT2D eigenvalue weighted by Crippen LogP contribution is -2.21. The van der Waals surface area contributed by atoms with Crippen molar-refractivity contribution >= 4 is 28.6 Å². The molecule has 4 N–H and O–H groups in total. The van der Waals surface area contributed by atoms with E-state index in [2.05, 4.69) is 31.6 Å². The molecule has 4 rings (SSSR count). The number of nitrogens with one attached hydrogen (secondary N) is 1. The first-order valence-electron chi connectivity index (χ1n) is 8.79. The van der Waals surface area contributed by atoms with Gasteiger partial charge in [-0.2, -0.15) is 11.8 Å². The van der Waals surface area contributed by atoms with Crippen molar-refractivity contribution in [1.29, 1.82) is 0 Å². The Labute approximate surface area is 146 Å². The SMILES string of the molecule is Nc1ncnc2c(CN3CC(O)[C@@H](CSC4CCCC4)C3)c[nH]c12. The predicted octanol–water partition coefficient (Wildman–Crippen LogP) is 2.01. The first kappa shape index (κ1) is 16.2. The molecule has 3 heterocycles. The number of rotatable bonds is 5. The van der Waals surface area contributed by atoms with Crippen molar-refractivity contribution in [2.24, 2.45) is 5.92 Å². The number of fused-ring (bicyclic) bond motifs is 1. The highest BCUT2D eigenvalue weighted by Gasteiger charge is 2.32. The lowest BCUT2D eigenvalue weighted by Gasteiger charge is -2.16. The van der Waals surface area contributed by atoms with Gasteiger partial charge in [0.05, 0.1) is 11.6 Å². The first-order valence-corrected chi connectivity index (χ1v) is 9.84. The Bertz CT molecular complexity index is 699. The Hall–Kier alpha value is -1.31. The van der Waals surface area contributed by atoms with Gasteiger partial charge in [-0.15, -0.1) is 0 Å². The number of nitrogen functional groups attached to an aromatic ring is 1. The summed E-state index contributed by atoms with van der Waals surface area (Å²) in [5.41, 5.74) is 8.70. The summed E-state index contributed by atoms with van der Waals surface area (Å²) in [4.78, 5) is 13.9. The summed E-state index contributed by atoms with van der Waals surface area (Å²) in [6.45, 7) is 2.48. The number of β-amino-alcohol motifs (C(OH)–C–C–N with tert-alkyl or cyclic N) is 1. The zero-order valence-electron chi connectivity index (χ0n) is 13.8. The van der Waals surface area contributed by atoms with Crippen LogP contribution >= 0.6 is 11.8 Å². The van der Waals surface area contributed by atoms with Gasteiger partial charge in [-0.1, -0.05) is 12.8 Å². The van der Waals surface area contributed by atoms with Gasteiger partial charge in [-0.3, -0.25) is 4.90 Å². The zero-order valence-corrected chi connectivity index (χ0v) is 14.6. The topological polar surface area (TPSA) is 91.1 Å². The number of aliphatic hydroxyl groups is 1. The minimum absolute atomic E-state index is 0.219. The molecular weight excluding hydrogens is 322 g/mol. The van der Waals surface area contributed by atoms with Crippen molar-refractivity contribution < 1.29 is 5.11 Å². The van der Waals surface area contributed by atoms with Crippen LogP contribution in [0.15, 0.2) is 12.5 Å². The number of nitrogens with zero attached hydrogens (tertiary/aromatic N) is 3. The van der Waals surface area contributed by atoms with E-state index in [-0.39, 0.29) is 6.10 Å². The highest BCUT2D eigenvalue weighted by Crippen LogP contribution is 2.33. The second kappa shape index (κ2) is 6.90. The number of hydrogen-bond acceptors (Lipinski definition) is 6. The van der Waals surface area contributed by atoms with Crippen LogP contribution in [0.1, 0.15) is 31.2 Å². The molecule has 2 atom stereocenters. The third-order valence-electron chi connectivity index (χ3n) is 5.30. The monoisotopic (exact) mass is 347 g/mol. The Morgan fingerprint density at radius 2 is 2.12 bits per heavy atom. The molecule has 130 valence electrons. The highest BCUT2D eigenvalue weighted by molar-refractivity contribution is 7.99. The minimum atomic E-state index is -0.219. The Morgan fingerprint density at radius 1 is 1.29 bits per heavy atom. The van der Waals surface area contributed by atoms with Crippen molar-refractivity contribution in [3.63, 3.8) is 0 Å².